The highest BCUT2D eigenvalue weighted by Gasteiger charge is 2.13. The van der Waals surface area contributed by atoms with Crippen LogP contribution in [0.3, 0.4) is 0 Å². The van der Waals surface area contributed by atoms with Crippen molar-refractivity contribution in [2.45, 2.75) is 168 Å². The highest BCUT2D eigenvalue weighted by atomic mass is 35.5. The molecule has 238 valence electrons. The van der Waals surface area contributed by atoms with Gasteiger partial charge in [-0.25, -0.2) is 18.3 Å². The van der Waals surface area contributed by atoms with Crippen LogP contribution in [0.15, 0.2) is 42.6 Å². The van der Waals surface area contributed by atoms with Gasteiger partial charge in [0.15, 0.2) is 0 Å². The molecule has 0 amide bonds. The zero-order valence-electron chi connectivity index (χ0n) is 26.4. The van der Waals surface area contributed by atoms with E-state index < -0.39 is 0 Å². The second kappa shape index (κ2) is 27.3. The van der Waals surface area contributed by atoms with Crippen molar-refractivity contribution in [3.8, 4) is 0 Å². The summed E-state index contributed by atoms with van der Waals surface area (Å²) in [4.78, 5) is 0. The number of unbranched alkanes of at least 4 members (excludes halogenated alkanes) is 18. The van der Waals surface area contributed by atoms with Gasteiger partial charge in [-0.3, -0.25) is 0 Å². The van der Waals surface area contributed by atoms with Gasteiger partial charge >= 0.3 is 0 Å². The standard InChI is InChI=1S/C33H60N5O.2ClH/c1-3-5-7-9-11-13-15-17-19-21-23-35-25-27-37(31-35)29-33(34-39)30-38-28-26-36(32-38)24-22-20-18-16-14-12-10-8-6-4-2;;/h25-28,31-32H,3-24,29-30H2,1-2H3;2*1H/q+1;;/p-1. The molecule has 2 rings (SSSR count). The number of aromatic nitrogens is 4. The topological polar surface area (TPSA) is 50.2 Å². The number of nitrogens with zero attached hydrogens (tertiary/aromatic N) is 5. The Morgan fingerprint density at radius 2 is 0.854 bits per heavy atom. The van der Waals surface area contributed by atoms with Crippen LogP contribution in [0.4, 0.5) is 0 Å². The number of aryl methyl sites for hydroxylation is 2. The Hall–Kier alpha value is -1.53. The minimum absolute atomic E-state index is 0. The normalized spacial score (nSPS) is 10.8. The van der Waals surface area contributed by atoms with Crippen LogP contribution in [-0.2, 0) is 26.2 Å². The van der Waals surface area contributed by atoms with Crippen LogP contribution in [-0.4, -0.2) is 20.1 Å². The molecule has 8 heteroatoms. The van der Waals surface area contributed by atoms with Gasteiger partial charge < -0.3 is 30.0 Å². The second-order valence-electron chi connectivity index (χ2n) is 11.7. The van der Waals surface area contributed by atoms with Gasteiger partial charge in [-0.2, -0.15) is 0 Å². The molecule has 0 fully saturated rings. The van der Waals surface area contributed by atoms with Crippen molar-refractivity contribution in [1.82, 2.24) is 9.13 Å². The molecule has 2 heterocycles. The van der Waals surface area contributed by atoms with Gasteiger partial charge in [-0.1, -0.05) is 122 Å². The highest BCUT2D eigenvalue weighted by molar-refractivity contribution is 5.81. The first-order valence-corrected chi connectivity index (χ1v) is 16.5. The molecule has 0 aliphatic carbocycles. The molecule has 41 heavy (non-hydrogen) atoms. The average Bonchev–Trinajstić information content (AvgIpc) is 3.59. The maximum absolute atomic E-state index is 9.62. The first kappa shape index (κ1) is 39.5. The third-order valence-corrected chi connectivity index (χ3v) is 7.90. The maximum Gasteiger partial charge on any atom is 0.244 e. The molecule has 0 saturated carbocycles. The smallest absolute Gasteiger partial charge is 0.244 e. The third kappa shape index (κ3) is 20.1. The molecule has 0 aromatic carbocycles. The van der Waals surface area contributed by atoms with Crippen molar-refractivity contribution in [1.29, 1.82) is 0 Å². The lowest BCUT2D eigenvalue weighted by molar-refractivity contribution is -0.698. The molecule has 0 radical (unpaired) electrons. The van der Waals surface area contributed by atoms with Crippen molar-refractivity contribution in [2.24, 2.45) is 5.16 Å². The molecule has 6 nitrogen and oxygen atoms in total. The van der Waals surface area contributed by atoms with E-state index >= 15 is 0 Å². The quantitative estimate of drug-likeness (QED) is 0.0571. The summed E-state index contributed by atoms with van der Waals surface area (Å²) in [6, 6.07) is 0. The van der Waals surface area contributed by atoms with Crippen LogP contribution in [0.1, 0.15) is 142 Å². The Labute approximate surface area is 264 Å². The molecule has 0 bridgehead atoms. The van der Waals surface area contributed by atoms with E-state index in [1.54, 1.807) is 0 Å². The van der Waals surface area contributed by atoms with E-state index in [9.17, 15) is 5.21 Å². The minimum atomic E-state index is 0. The molecule has 0 saturated heterocycles. The fourth-order valence-electron chi connectivity index (χ4n) is 5.43. The maximum atomic E-state index is 9.62. The molecule has 0 aliphatic heterocycles. The number of rotatable bonds is 26. The van der Waals surface area contributed by atoms with Crippen LogP contribution >= 0.6 is 0 Å². The molecule has 2 aromatic rings. The van der Waals surface area contributed by atoms with Crippen LogP contribution < -0.4 is 33.9 Å². The lowest BCUT2D eigenvalue weighted by Gasteiger charge is -2.02. The summed E-state index contributed by atoms with van der Waals surface area (Å²) in [6.07, 6.45) is 40.0. The zero-order valence-corrected chi connectivity index (χ0v) is 27.9. The van der Waals surface area contributed by atoms with Crippen LogP contribution in [0.5, 0.6) is 0 Å². The molecule has 1 N–H and O–H groups in total. The predicted octanol–water partition coefficient (Wildman–Crippen LogP) is 2.24. The van der Waals surface area contributed by atoms with Gasteiger partial charge in [0.05, 0.1) is 13.1 Å². The van der Waals surface area contributed by atoms with Gasteiger partial charge in [-0.05, 0) is 25.7 Å². The number of hydrogen-bond acceptors (Lipinski definition) is 2. The van der Waals surface area contributed by atoms with Crippen LogP contribution in [0.2, 0.25) is 0 Å². The van der Waals surface area contributed by atoms with E-state index in [-0.39, 0.29) is 24.8 Å². The number of halogens is 2. The molecule has 0 aliphatic rings. The number of imidazole rings is 2. The fraction of sp³-hybridized carbons (Fsp3) is 0.788. The highest BCUT2D eigenvalue weighted by Crippen LogP contribution is 2.12. The van der Waals surface area contributed by atoms with Crippen molar-refractivity contribution >= 4 is 5.71 Å². The molecule has 0 unspecified atom stereocenters. The van der Waals surface area contributed by atoms with Gasteiger partial charge in [0.25, 0.3) is 0 Å². The van der Waals surface area contributed by atoms with E-state index in [4.69, 9.17) is 0 Å². The monoisotopic (exact) mass is 613 g/mol. The van der Waals surface area contributed by atoms with Crippen molar-refractivity contribution < 1.29 is 39.2 Å². The lowest BCUT2D eigenvalue weighted by atomic mass is 10.1. The van der Waals surface area contributed by atoms with E-state index in [2.05, 4.69) is 74.7 Å². The Morgan fingerprint density at radius 1 is 0.537 bits per heavy atom. The Kier molecular flexibility index (Phi) is 26.3. The van der Waals surface area contributed by atoms with E-state index in [1.807, 2.05) is 0 Å². The lowest BCUT2D eigenvalue weighted by Crippen LogP contribution is -3.00. The third-order valence-electron chi connectivity index (χ3n) is 7.90. The summed E-state index contributed by atoms with van der Waals surface area (Å²) < 4.78 is 8.76. The molecular formula is C33H61Cl2N5O. The van der Waals surface area contributed by atoms with Gasteiger partial charge in [0, 0.05) is 0 Å². The van der Waals surface area contributed by atoms with Gasteiger partial charge in [0.2, 0.25) is 12.7 Å². The summed E-state index contributed by atoms with van der Waals surface area (Å²) in [5.41, 5.74) is 0.762. The summed E-state index contributed by atoms with van der Waals surface area (Å²) in [5.74, 6) is 0. The second-order valence-corrected chi connectivity index (χ2v) is 11.7. The van der Waals surface area contributed by atoms with Gasteiger partial charge in [0.1, 0.15) is 43.6 Å². The first-order chi connectivity index (χ1) is 19.2. The predicted molar refractivity (Wildman–Crippen MR) is 162 cm³/mol. The van der Waals surface area contributed by atoms with Gasteiger partial charge in [-0.15, -0.1) is 0 Å². The summed E-state index contributed by atoms with van der Waals surface area (Å²) in [5, 5.41) is 13.2. The Balaban J connectivity index is 0.00000800. The molecular weight excluding hydrogens is 553 g/mol. The average molecular weight is 615 g/mol. The Morgan fingerprint density at radius 3 is 1.17 bits per heavy atom. The van der Waals surface area contributed by atoms with Crippen LogP contribution in [0, 0.1) is 0 Å². The molecule has 2 aromatic heterocycles. The first-order valence-electron chi connectivity index (χ1n) is 16.5. The zero-order chi connectivity index (χ0) is 27.8. The SMILES string of the molecule is CCCCCCCCCCCCn1cc[n+](CC(C[n+]2ccn(CCCCCCCCCCCC)c2)=NO)c1.[Cl-].[Cl-]. The van der Waals surface area contributed by atoms with Crippen molar-refractivity contribution in [3.05, 3.63) is 37.4 Å². The number of hydrogen-bond donors (Lipinski definition) is 1. The van der Waals surface area contributed by atoms with Crippen molar-refractivity contribution in [3.63, 3.8) is 0 Å². The van der Waals surface area contributed by atoms with E-state index in [0.29, 0.717) is 13.1 Å². The summed E-state index contributed by atoms with van der Waals surface area (Å²) in [7, 11) is 0. The summed E-state index contributed by atoms with van der Waals surface area (Å²) in [6.45, 7) is 7.90. The fourth-order valence-corrected chi connectivity index (χ4v) is 5.43. The summed E-state index contributed by atoms with van der Waals surface area (Å²) >= 11 is 0. The molecule has 0 spiro atoms. The largest absolute Gasteiger partial charge is 1.00 e. The van der Waals surface area contributed by atoms with E-state index in [0.717, 1.165) is 18.8 Å². The Bertz CT molecular complexity index is 801. The van der Waals surface area contributed by atoms with Crippen LogP contribution in [0.25, 0.3) is 0 Å². The van der Waals surface area contributed by atoms with Crippen molar-refractivity contribution in [2.75, 3.05) is 0 Å². The number of oxime groups is 1. The minimum Gasteiger partial charge on any atom is -1.00 e. The molecule has 0 atom stereocenters. The van der Waals surface area contributed by atoms with E-state index in [1.165, 1.54) is 128 Å².